The molecule has 17 heavy (non-hydrogen) atoms. The van der Waals surface area contributed by atoms with E-state index in [-0.39, 0.29) is 0 Å². The number of benzene rings is 1. The zero-order valence-electron chi connectivity index (χ0n) is 9.86. The Morgan fingerprint density at radius 2 is 2.06 bits per heavy atom. The molecule has 3 nitrogen and oxygen atoms in total. The number of hydrogen-bond acceptors (Lipinski definition) is 2. The fourth-order valence-electron chi connectivity index (χ4n) is 1.67. The van der Waals surface area contributed by atoms with Crippen LogP contribution in [-0.2, 0) is 13.1 Å². The molecule has 0 atom stereocenters. The van der Waals surface area contributed by atoms with Crippen molar-refractivity contribution in [1.29, 1.82) is 0 Å². The molecule has 0 radical (unpaired) electrons. The molecule has 0 bridgehead atoms. The van der Waals surface area contributed by atoms with Gasteiger partial charge in [-0.3, -0.25) is 0 Å². The van der Waals surface area contributed by atoms with Gasteiger partial charge in [0.05, 0.1) is 6.54 Å². The molecule has 4 heteroatoms. The minimum Gasteiger partial charge on any atom is -0.329 e. The summed E-state index contributed by atoms with van der Waals surface area (Å²) in [5, 5.41) is 3.30. The third kappa shape index (κ3) is 3.54. The maximum absolute atomic E-state index is 4.37. The lowest BCUT2D eigenvalue weighted by Gasteiger charge is -2.08. The Kier molecular flexibility index (Phi) is 4.56. The lowest BCUT2D eigenvalue weighted by Crippen LogP contribution is -2.16. The summed E-state index contributed by atoms with van der Waals surface area (Å²) in [5.74, 6) is 1.09. The predicted molar refractivity (Wildman–Crippen MR) is 77.9 cm³/mol. The van der Waals surface area contributed by atoms with Crippen molar-refractivity contribution < 1.29 is 0 Å². The number of halogens is 1. The first-order valence-electron chi connectivity index (χ1n) is 5.74. The van der Waals surface area contributed by atoms with Crippen LogP contribution in [-0.4, -0.2) is 16.1 Å². The van der Waals surface area contributed by atoms with Gasteiger partial charge in [0, 0.05) is 22.5 Å². The molecular formula is C13H16IN3. The van der Waals surface area contributed by atoms with Crippen LogP contribution in [0, 0.1) is 3.57 Å². The van der Waals surface area contributed by atoms with Crippen molar-refractivity contribution in [2.45, 2.75) is 20.0 Å². The predicted octanol–water partition coefficient (Wildman–Crippen LogP) is 2.65. The van der Waals surface area contributed by atoms with E-state index in [4.69, 9.17) is 0 Å². The zero-order chi connectivity index (χ0) is 12.1. The summed E-state index contributed by atoms with van der Waals surface area (Å²) >= 11 is 2.32. The minimum atomic E-state index is 0.827. The Hall–Kier alpha value is -0.880. The maximum Gasteiger partial charge on any atom is 0.122 e. The highest BCUT2D eigenvalue weighted by Crippen LogP contribution is 2.09. The van der Waals surface area contributed by atoms with Crippen molar-refractivity contribution in [2.24, 2.45) is 0 Å². The first-order valence-corrected chi connectivity index (χ1v) is 6.82. The molecule has 1 heterocycles. The lowest BCUT2D eigenvalue weighted by molar-refractivity contribution is 0.639. The van der Waals surface area contributed by atoms with Crippen LogP contribution in [0.1, 0.15) is 18.3 Å². The number of imidazole rings is 1. The topological polar surface area (TPSA) is 29.9 Å². The first-order chi connectivity index (χ1) is 8.29. The Bertz CT molecular complexity index is 462. The highest BCUT2D eigenvalue weighted by Gasteiger charge is 2.02. The van der Waals surface area contributed by atoms with E-state index in [2.05, 4.69) is 68.6 Å². The van der Waals surface area contributed by atoms with Gasteiger partial charge in [-0.1, -0.05) is 19.1 Å². The lowest BCUT2D eigenvalue weighted by atomic mass is 10.2. The normalized spacial score (nSPS) is 10.7. The van der Waals surface area contributed by atoms with Crippen molar-refractivity contribution in [3.63, 3.8) is 0 Å². The number of nitrogens with one attached hydrogen (secondary N) is 1. The van der Waals surface area contributed by atoms with Gasteiger partial charge >= 0.3 is 0 Å². The smallest absolute Gasteiger partial charge is 0.122 e. The van der Waals surface area contributed by atoms with Gasteiger partial charge in [-0.15, -0.1) is 0 Å². The standard InChI is InChI=1S/C13H16IN3/c1-2-15-9-13-16-7-8-17(13)10-11-3-5-12(14)6-4-11/h3-8,15H,2,9-10H2,1H3. The van der Waals surface area contributed by atoms with Crippen LogP contribution in [0.5, 0.6) is 0 Å². The second-order valence-electron chi connectivity index (χ2n) is 3.88. The average molecular weight is 341 g/mol. The summed E-state index contributed by atoms with van der Waals surface area (Å²) in [5.41, 5.74) is 1.31. The van der Waals surface area contributed by atoms with E-state index < -0.39 is 0 Å². The van der Waals surface area contributed by atoms with Gasteiger partial charge in [0.2, 0.25) is 0 Å². The summed E-state index contributed by atoms with van der Waals surface area (Å²) in [7, 11) is 0. The van der Waals surface area contributed by atoms with Crippen molar-refractivity contribution in [2.75, 3.05) is 6.54 Å². The molecule has 0 unspecified atom stereocenters. The van der Waals surface area contributed by atoms with Crippen molar-refractivity contribution in [1.82, 2.24) is 14.9 Å². The van der Waals surface area contributed by atoms with Crippen molar-refractivity contribution in [3.05, 3.63) is 51.6 Å². The SMILES string of the molecule is CCNCc1nccn1Cc1ccc(I)cc1. The Balaban J connectivity index is 2.07. The number of hydrogen-bond donors (Lipinski definition) is 1. The number of aromatic nitrogens is 2. The molecule has 0 spiro atoms. The quantitative estimate of drug-likeness (QED) is 0.848. The van der Waals surface area contributed by atoms with E-state index >= 15 is 0 Å². The van der Waals surface area contributed by atoms with E-state index in [1.165, 1.54) is 9.13 Å². The van der Waals surface area contributed by atoms with Crippen LogP contribution in [0.3, 0.4) is 0 Å². The Labute approximate surface area is 115 Å². The second kappa shape index (κ2) is 6.16. The Morgan fingerprint density at radius 3 is 2.76 bits per heavy atom. The van der Waals surface area contributed by atoms with E-state index in [1.54, 1.807) is 0 Å². The summed E-state index contributed by atoms with van der Waals surface area (Å²) in [6.07, 6.45) is 3.89. The Morgan fingerprint density at radius 1 is 1.29 bits per heavy atom. The van der Waals surface area contributed by atoms with E-state index in [0.717, 1.165) is 25.5 Å². The molecule has 1 aromatic heterocycles. The van der Waals surface area contributed by atoms with Crippen LogP contribution in [0.4, 0.5) is 0 Å². The minimum absolute atomic E-state index is 0.827. The van der Waals surface area contributed by atoms with Crippen LogP contribution < -0.4 is 5.32 Å². The molecular weight excluding hydrogens is 325 g/mol. The molecule has 1 aromatic carbocycles. The van der Waals surface area contributed by atoms with E-state index in [0.29, 0.717) is 0 Å². The van der Waals surface area contributed by atoms with Gasteiger partial charge in [0.15, 0.2) is 0 Å². The number of nitrogens with zero attached hydrogens (tertiary/aromatic N) is 2. The fraction of sp³-hybridized carbons (Fsp3) is 0.308. The van der Waals surface area contributed by atoms with Gasteiger partial charge in [-0.25, -0.2) is 4.98 Å². The van der Waals surface area contributed by atoms with Crippen LogP contribution in [0.15, 0.2) is 36.7 Å². The highest BCUT2D eigenvalue weighted by molar-refractivity contribution is 14.1. The molecule has 0 aliphatic carbocycles. The molecule has 0 aliphatic heterocycles. The molecule has 0 saturated carbocycles. The van der Waals surface area contributed by atoms with Crippen molar-refractivity contribution >= 4 is 22.6 Å². The van der Waals surface area contributed by atoms with Crippen LogP contribution in [0.2, 0.25) is 0 Å². The van der Waals surface area contributed by atoms with Gasteiger partial charge in [-0.2, -0.15) is 0 Å². The maximum atomic E-state index is 4.37. The fourth-order valence-corrected chi connectivity index (χ4v) is 2.03. The van der Waals surface area contributed by atoms with Gasteiger partial charge in [-0.05, 0) is 46.8 Å². The molecule has 2 aromatic rings. The molecule has 0 aliphatic rings. The number of rotatable bonds is 5. The van der Waals surface area contributed by atoms with Crippen molar-refractivity contribution in [3.8, 4) is 0 Å². The van der Waals surface area contributed by atoms with Crippen LogP contribution in [0.25, 0.3) is 0 Å². The first kappa shape index (κ1) is 12.6. The third-order valence-corrected chi connectivity index (χ3v) is 3.32. The van der Waals surface area contributed by atoms with Gasteiger partial charge in [0.25, 0.3) is 0 Å². The third-order valence-electron chi connectivity index (χ3n) is 2.60. The van der Waals surface area contributed by atoms with Gasteiger partial charge < -0.3 is 9.88 Å². The molecule has 90 valence electrons. The second-order valence-corrected chi connectivity index (χ2v) is 5.12. The summed E-state index contributed by atoms with van der Waals surface area (Å²) in [6, 6.07) is 8.60. The molecule has 0 saturated heterocycles. The highest BCUT2D eigenvalue weighted by atomic mass is 127. The summed E-state index contributed by atoms with van der Waals surface area (Å²) in [4.78, 5) is 4.37. The molecule has 1 N–H and O–H groups in total. The van der Waals surface area contributed by atoms with Gasteiger partial charge in [0.1, 0.15) is 5.82 Å². The average Bonchev–Trinajstić information content (AvgIpc) is 2.77. The monoisotopic (exact) mass is 341 g/mol. The summed E-state index contributed by atoms with van der Waals surface area (Å²) in [6.45, 7) is 4.79. The zero-order valence-corrected chi connectivity index (χ0v) is 12.0. The molecule has 2 rings (SSSR count). The van der Waals surface area contributed by atoms with E-state index in [1.807, 2.05) is 12.4 Å². The van der Waals surface area contributed by atoms with Crippen LogP contribution >= 0.6 is 22.6 Å². The largest absolute Gasteiger partial charge is 0.329 e. The van der Waals surface area contributed by atoms with E-state index in [9.17, 15) is 0 Å². The summed E-state index contributed by atoms with van der Waals surface area (Å²) < 4.78 is 3.45. The molecule has 0 amide bonds. The molecule has 0 fully saturated rings.